The van der Waals surface area contributed by atoms with Crippen molar-refractivity contribution in [1.82, 2.24) is 9.97 Å². The van der Waals surface area contributed by atoms with Crippen LogP contribution in [0.25, 0.3) is 11.0 Å². The van der Waals surface area contributed by atoms with Gasteiger partial charge in [0.05, 0.1) is 11.0 Å². The zero-order chi connectivity index (χ0) is 14.1. The topological polar surface area (TPSA) is 51.8 Å². The van der Waals surface area contributed by atoms with Gasteiger partial charge in [0.2, 0.25) is 0 Å². The third kappa shape index (κ3) is 2.42. The van der Waals surface area contributed by atoms with Crippen molar-refractivity contribution in [3.63, 3.8) is 0 Å². The molecule has 3 rings (SSSR count). The lowest BCUT2D eigenvalue weighted by atomic mass is 9.72. The van der Waals surface area contributed by atoms with E-state index in [2.05, 4.69) is 29.9 Å². The maximum atomic E-state index is 6.58. The molecule has 1 fully saturated rings. The molecule has 4 atom stereocenters. The van der Waals surface area contributed by atoms with Gasteiger partial charge in [-0.2, -0.15) is 0 Å². The lowest BCUT2D eigenvalue weighted by molar-refractivity contribution is 0.186. The van der Waals surface area contributed by atoms with Crippen molar-refractivity contribution in [3.05, 3.63) is 36.2 Å². The van der Waals surface area contributed by atoms with Gasteiger partial charge in [0.25, 0.3) is 0 Å². The van der Waals surface area contributed by atoms with E-state index in [9.17, 15) is 0 Å². The van der Waals surface area contributed by atoms with Crippen molar-refractivity contribution in [2.24, 2.45) is 23.5 Å². The summed E-state index contributed by atoms with van der Waals surface area (Å²) in [6, 6.07) is 6.24. The van der Waals surface area contributed by atoms with Crippen LogP contribution in [0.4, 0.5) is 0 Å². The van der Waals surface area contributed by atoms with E-state index in [0.29, 0.717) is 5.92 Å². The molecule has 1 aromatic heterocycles. The fourth-order valence-electron chi connectivity index (χ4n) is 3.45. The molecule has 20 heavy (non-hydrogen) atoms. The van der Waals surface area contributed by atoms with Crippen LogP contribution < -0.4 is 5.73 Å². The molecule has 2 aromatic rings. The Kier molecular flexibility index (Phi) is 3.70. The Bertz CT molecular complexity index is 590. The Morgan fingerprint density at radius 3 is 2.70 bits per heavy atom. The highest BCUT2D eigenvalue weighted by atomic mass is 14.8. The molecule has 1 aliphatic carbocycles. The van der Waals surface area contributed by atoms with Gasteiger partial charge in [-0.3, -0.25) is 9.97 Å². The zero-order valence-electron chi connectivity index (χ0n) is 12.3. The quantitative estimate of drug-likeness (QED) is 0.904. The second-order valence-electron chi connectivity index (χ2n) is 6.32. The smallest absolute Gasteiger partial charge is 0.0934 e. The molecule has 1 aromatic carbocycles. The summed E-state index contributed by atoms with van der Waals surface area (Å²) >= 11 is 0. The predicted molar refractivity (Wildman–Crippen MR) is 82.1 cm³/mol. The summed E-state index contributed by atoms with van der Waals surface area (Å²) in [6.07, 6.45) is 7.23. The van der Waals surface area contributed by atoms with Crippen LogP contribution in [0.1, 0.15) is 44.7 Å². The Labute approximate surface area is 120 Å². The average molecular weight is 269 g/mol. The van der Waals surface area contributed by atoms with Crippen LogP contribution >= 0.6 is 0 Å². The molecule has 2 N–H and O–H groups in total. The second kappa shape index (κ2) is 5.49. The standard InChI is InChI=1S/C17H23N3/c1-11-6-7-13(10-12(11)2)16(18)14-4-3-5-15-17(14)20-9-8-19-15/h3-5,8-9,11-13,16H,6-7,10,18H2,1-2H3. The average Bonchev–Trinajstić information content (AvgIpc) is 2.49. The normalized spacial score (nSPS) is 28.4. The molecule has 1 saturated carbocycles. The molecule has 3 heteroatoms. The molecule has 0 aliphatic heterocycles. The third-order valence-electron chi connectivity index (χ3n) is 5.04. The van der Waals surface area contributed by atoms with Gasteiger partial charge < -0.3 is 5.73 Å². The number of hydrogen-bond donors (Lipinski definition) is 1. The minimum absolute atomic E-state index is 0.0744. The van der Waals surface area contributed by atoms with Crippen molar-refractivity contribution in [1.29, 1.82) is 0 Å². The summed E-state index contributed by atoms with van der Waals surface area (Å²) in [4.78, 5) is 8.87. The number of rotatable bonds is 2. The van der Waals surface area contributed by atoms with Crippen LogP contribution in [0.5, 0.6) is 0 Å². The van der Waals surface area contributed by atoms with Crippen molar-refractivity contribution in [2.45, 2.75) is 39.2 Å². The maximum Gasteiger partial charge on any atom is 0.0934 e. The van der Waals surface area contributed by atoms with E-state index >= 15 is 0 Å². The van der Waals surface area contributed by atoms with Crippen LogP contribution in [-0.4, -0.2) is 9.97 Å². The highest BCUT2D eigenvalue weighted by molar-refractivity contribution is 5.78. The lowest BCUT2D eigenvalue weighted by Crippen LogP contribution is -2.29. The molecule has 4 unspecified atom stereocenters. The Hall–Kier alpha value is -1.48. The van der Waals surface area contributed by atoms with Crippen molar-refractivity contribution in [3.8, 4) is 0 Å². The van der Waals surface area contributed by atoms with E-state index < -0.39 is 0 Å². The predicted octanol–water partition coefficient (Wildman–Crippen LogP) is 3.70. The molecule has 106 valence electrons. The zero-order valence-corrected chi connectivity index (χ0v) is 12.3. The molecular weight excluding hydrogens is 246 g/mol. The number of nitrogens with zero attached hydrogens (tertiary/aromatic N) is 2. The SMILES string of the molecule is CC1CCC(C(N)c2cccc3nccnc23)CC1C. The van der Waals surface area contributed by atoms with Crippen LogP contribution in [-0.2, 0) is 0 Å². The van der Waals surface area contributed by atoms with Gasteiger partial charge in [-0.05, 0) is 42.2 Å². The molecule has 0 saturated heterocycles. The summed E-state index contributed by atoms with van der Waals surface area (Å²) in [7, 11) is 0. The molecule has 0 amide bonds. The van der Waals surface area contributed by atoms with Gasteiger partial charge in [0, 0.05) is 18.4 Å². The summed E-state index contributed by atoms with van der Waals surface area (Å²) in [6.45, 7) is 4.71. The fraction of sp³-hybridized carbons (Fsp3) is 0.529. The van der Waals surface area contributed by atoms with Gasteiger partial charge in [-0.15, -0.1) is 0 Å². The van der Waals surface area contributed by atoms with Gasteiger partial charge in [0.15, 0.2) is 0 Å². The molecule has 0 radical (unpaired) electrons. The monoisotopic (exact) mass is 269 g/mol. The first-order valence-electron chi connectivity index (χ1n) is 7.62. The molecule has 0 spiro atoms. The summed E-state index contributed by atoms with van der Waals surface area (Å²) in [5.41, 5.74) is 9.64. The first-order chi connectivity index (χ1) is 9.66. The highest BCUT2D eigenvalue weighted by Crippen LogP contribution is 2.39. The summed E-state index contributed by atoms with van der Waals surface area (Å²) in [5.74, 6) is 2.15. The minimum atomic E-state index is 0.0744. The Balaban J connectivity index is 1.91. The minimum Gasteiger partial charge on any atom is -0.324 e. The summed E-state index contributed by atoms with van der Waals surface area (Å²) < 4.78 is 0. The lowest BCUT2D eigenvalue weighted by Gasteiger charge is -2.35. The van der Waals surface area contributed by atoms with Crippen LogP contribution in [0.2, 0.25) is 0 Å². The largest absolute Gasteiger partial charge is 0.324 e. The van der Waals surface area contributed by atoms with Gasteiger partial charge in [-0.25, -0.2) is 0 Å². The molecule has 0 bridgehead atoms. The first-order valence-corrected chi connectivity index (χ1v) is 7.62. The molecule has 1 aliphatic rings. The second-order valence-corrected chi connectivity index (χ2v) is 6.32. The Morgan fingerprint density at radius 1 is 1.10 bits per heavy atom. The van der Waals surface area contributed by atoms with Crippen molar-refractivity contribution < 1.29 is 0 Å². The fourth-order valence-corrected chi connectivity index (χ4v) is 3.45. The number of aromatic nitrogens is 2. The number of nitrogens with two attached hydrogens (primary N) is 1. The van der Waals surface area contributed by atoms with Crippen LogP contribution in [0, 0.1) is 17.8 Å². The van der Waals surface area contributed by atoms with E-state index in [1.165, 1.54) is 19.3 Å². The number of benzene rings is 1. The van der Waals surface area contributed by atoms with E-state index in [1.54, 1.807) is 12.4 Å². The summed E-state index contributed by atoms with van der Waals surface area (Å²) in [5, 5.41) is 0. The third-order valence-corrected chi connectivity index (χ3v) is 5.04. The number of hydrogen-bond acceptors (Lipinski definition) is 3. The first kappa shape index (κ1) is 13.5. The van der Waals surface area contributed by atoms with Crippen molar-refractivity contribution >= 4 is 11.0 Å². The van der Waals surface area contributed by atoms with Crippen LogP contribution in [0.3, 0.4) is 0 Å². The van der Waals surface area contributed by atoms with E-state index in [1.807, 2.05) is 12.1 Å². The van der Waals surface area contributed by atoms with Crippen molar-refractivity contribution in [2.75, 3.05) is 0 Å². The molecule has 1 heterocycles. The van der Waals surface area contributed by atoms with Gasteiger partial charge >= 0.3 is 0 Å². The Morgan fingerprint density at radius 2 is 1.90 bits per heavy atom. The van der Waals surface area contributed by atoms with Gasteiger partial charge in [0.1, 0.15) is 0 Å². The molecule has 3 nitrogen and oxygen atoms in total. The van der Waals surface area contributed by atoms with Gasteiger partial charge in [-0.1, -0.05) is 32.4 Å². The van der Waals surface area contributed by atoms with E-state index in [-0.39, 0.29) is 6.04 Å². The van der Waals surface area contributed by atoms with E-state index in [0.717, 1.165) is 28.4 Å². The number of para-hydroxylation sites is 1. The maximum absolute atomic E-state index is 6.58. The number of fused-ring (bicyclic) bond motifs is 1. The van der Waals surface area contributed by atoms with Crippen LogP contribution in [0.15, 0.2) is 30.6 Å². The van der Waals surface area contributed by atoms with E-state index in [4.69, 9.17) is 5.73 Å². The molecular formula is C17H23N3. The highest BCUT2D eigenvalue weighted by Gasteiger charge is 2.30.